The van der Waals surface area contributed by atoms with Gasteiger partial charge in [0.25, 0.3) is 0 Å². The summed E-state index contributed by atoms with van der Waals surface area (Å²) < 4.78 is 28.3. The third-order valence-electron chi connectivity index (χ3n) is 4.88. The highest BCUT2D eigenvalue weighted by atomic mass is 32.2. The first kappa shape index (κ1) is 23.9. The molecule has 2 amide bonds. The topological polar surface area (TPSA) is 84.3 Å². The number of benzene rings is 1. The fourth-order valence-corrected chi connectivity index (χ4v) is 4.89. The van der Waals surface area contributed by atoms with Crippen LogP contribution in [0.1, 0.15) is 51.4 Å². The Morgan fingerprint density at radius 3 is 2.43 bits per heavy atom. The van der Waals surface area contributed by atoms with E-state index in [1.165, 1.54) is 0 Å². The molecule has 166 valence electrons. The zero-order valence-corrected chi connectivity index (χ0v) is 19.7. The number of imidazole rings is 1. The van der Waals surface area contributed by atoms with Crippen LogP contribution < -0.4 is 5.32 Å². The van der Waals surface area contributed by atoms with Gasteiger partial charge in [-0.2, -0.15) is 0 Å². The van der Waals surface area contributed by atoms with E-state index >= 15 is 0 Å². The third kappa shape index (κ3) is 5.84. The van der Waals surface area contributed by atoms with Gasteiger partial charge in [0, 0.05) is 19.1 Å². The molecule has 1 aromatic carbocycles. The zero-order chi connectivity index (χ0) is 22.5. The fourth-order valence-electron chi connectivity index (χ4n) is 3.28. The van der Waals surface area contributed by atoms with Crippen LogP contribution in [0, 0.1) is 12.8 Å². The average Bonchev–Trinajstić information content (AvgIpc) is 3.04. The van der Waals surface area contributed by atoms with Crippen molar-refractivity contribution in [3.05, 3.63) is 47.3 Å². The van der Waals surface area contributed by atoms with Gasteiger partial charge < -0.3 is 14.8 Å². The molecule has 0 saturated heterocycles. The highest BCUT2D eigenvalue weighted by Crippen LogP contribution is 2.22. The van der Waals surface area contributed by atoms with E-state index in [-0.39, 0.29) is 28.9 Å². The molecule has 0 atom stereocenters. The lowest BCUT2D eigenvalue weighted by atomic mass is 10.1. The maximum Gasteiger partial charge on any atom is 0.317 e. The lowest BCUT2D eigenvalue weighted by Gasteiger charge is -2.27. The monoisotopic (exact) mass is 434 g/mol. The first-order valence-corrected chi connectivity index (χ1v) is 12.1. The Kier molecular flexibility index (Phi) is 8.06. The van der Waals surface area contributed by atoms with Crippen LogP contribution in [0.3, 0.4) is 0 Å². The Balaban J connectivity index is 2.43. The molecule has 0 fully saturated rings. The van der Waals surface area contributed by atoms with Gasteiger partial charge in [-0.15, -0.1) is 0 Å². The molecule has 2 aromatic rings. The van der Waals surface area contributed by atoms with Crippen LogP contribution in [0.25, 0.3) is 0 Å². The van der Waals surface area contributed by atoms with Crippen LogP contribution in [0.4, 0.5) is 4.79 Å². The maximum atomic E-state index is 13.2. The molecule has 30 heavy (non-hydrogen) atoms. The molecule has 1 aromatic heterocycles. The number of nitrogens with one attached hydrogen (secondary N) is 1. The standard InChI is InChI=1S/C22H34N4O3S/c1-7-23-21(27)25(17(4)5)14-20-12-24-22(26(20)13-16(2)3)30(28,29)15-19-11-9-8-10-18(19)6/h8-12,16-17H,7,13-15H2,1-6H3,(H,23,27). The maximum absolute atomic E-state index is 13.2. The number of nitrogens with zero attached hydrogens (tertiary/aromatic N) is 3. The second kappa shape index (κ2) is 10.1. The lowest BCUT2D eigenvalue weighted by molar-refractivity contribution is 0.178. The summed E-state index contributed by atoms with van der Waals surface area (Å²) in [6.07, 6.45) is 1.59. The highest BCUT2D eigenvalue weighted by Gasteiger charge is 2.27. The van der Waals surface area contributed by atoms with Crippen molar-refractivity contribution in [2.75, 3.05) is 6.54 Å². The minimum absolute atomic E-state index is 0.0361. The molecular formula is C22H34N4O3S. The summed E-state index contributed by atoms with van der Waals surface area (Å²) in [4.78, 5) is 18.5. The van der Waals surface area contributed by atoms with Crippen LogP contribution in [-0.4, -0.2) is 41.5 Å². The highest BCUT2D eigenvalue weighted by molar-refractivity contribution is 7.90. The predicted molar refractivity (Wildman–Crippen MR) is 119 cm³/mol. The summed E-state index contributed by atoms with van der Waals surface area (Å²) >= 11 is 0. The van der Waals surface area contributed by atoms with Gasteiger partial charge in [-0.1, -0.05) is 38.1 Å². The van der Waals surface area contributed by atoms with Crippen LogP contribution in [0.15, 0.2) is 35.6 Å². The van der Waals surface area contributed by atoms with Crippen LogP contribution in [0.2, 0.25) is 0 Å². The molecule has 0 spiro atoms. The molecule has 1 heterocycles. The number of aryl methyl sites for hydroxylation is 1. The van der Waals surface area contributed by atoms with Gasteiger partial charge in [0.05, 0.1) is 24.2 Å². The molecule has 0 radical (unpaired) electrons. The number of carbonyl (C=O) groups excluding carboxylic acids is 1. The third-order valence-corrected chi connectivity index (χ3v) is 6.45. The van der Waals surface area contributed by atoms with Gasteiger partial charge in [-0.05, 0) is 44.7 Å². The number of carbonyl (C=O) groups is 1. The van der Waals surface area contributed by atoms with Crippen LogP contribution >= 0.6 is 0 Å². The van der Waals surface area contributed by atoms with E-state index in [2.05, 4.69) is 10.3 Å². The van der Waals surface area contributed by atoms with E-state index in [0.717, 1.165) is 11.1 Å². The van der Waals surface area contributed by atoms with Crippen molar-refractivity contribution in [1.29, 1.82) is 0 Å². The van der Waals surface area contributed by atoms with Crippen LogP contribution in [-0.2, 0) is 28.7 Å². The number of hydrogen-bond acceptors (Lipinski definition) is 4. The zero-order valence-electron chi connectivity index (χ0n) is 18.8. The number of hydrogen-bond donors (Lipinski definition) is 1. The Bertz CT molecular complexity index is 965. The molecule has 0 unspecified atom stereocenters. The fraction of sp³-hybridized carbons (Fsp3) is 0.545. The number of urea groups is 1. The Morgan fingerprint density at radius 2 is 1.87 bits per heavy atom. The van der Waals surface area contributed by atoms with Crippen molar-refractivity contribution in [2.24, 2.45) is 5.92 Å². The van der Waals surface area contributed by atoms with E-state index < -0.39 is 9.84 Å². The van der Waals surface area contributed by atoms with Crippen molar-refractivity contribution < 1.29 is 13.2 Å². The molecule has 8 heteroatoms. The van der Waals surface area contributed by atoms with Gasteiger partial charge in [-0.3, -0.25) is 0 Å². The minimum Gasteiger partial charge on any atom is -0.338 e. The molecule has 0 aliphatic rings. The second-order valence-corrected chi connectivity index (χ2v) is 10.2. The predicted octanol–water partition coefficient (Wildman–Crippen LogP) is 3.76. The van der Waals surface area contributed by atoms with Gasteiger partial charge in [-0.25, -0.2) is 18.2 Å². The van der Waals surface area contributed by atoms with Crippen molar-refractivity contribution in [2.45, 2.75) is 71.6 Å². The molecule has 0 aliphatic heterocycles. The summed E-state index contributed by atoms with van der Waals surface area (Å²) in [5, 5.41) is 2.89. The number of amides is 2. The van der Waals surface area contributed by atoms with Crippen molar-refractivity contribution in [3.8, 4) is 0 Å². The van der Waals surface area contributed by atoms with Gasteiger partial charge in [0.15, 0.2) is 0 Å². The smallest absolute Gasteiger partial charge is 0.317 e. The second-order valence-electron chi connectivity index (χ2n) is 8.28. The van der Waals surface area contributed by atoms with E-state index in [4.69, 9.17) is 0 Å². The molecule has 1 N–H and O–H groups in total. The van der Waals surface area contributed by atoms with E-state index in [1.807, 2.05) is 65.8 Å². The van der Waals surface area contributed by atoms with Crippen molar-refractivity contribution in [3.63, 3.8) is 0 Å². The first-order valence-electron chi connectivity index (χ1n) is 10.4. The molecule has 0 bridgehead atoms. The molecule has 2 rings (SSSR count). The molecule has 0 saturated carbocycles. The lowest BCUT2D eigenvalue weighted by Crippen LogP contribution is -2.43. The summed E-state index contributed by atoms with van der Waals surface area (Å²) in [5.74, 6) is 0.126. The number of aromatic nitrogens is 2. The van der Waals surface area contributed by atoms with Gasteiger partial charge in [0.1, 0.15) is 0 Å². The number of sulfone groups is 1. The quantitative estimate of drug-likeness (QED) is 0.651. The molecular weight excluding hydrogens is 400 g/mol. The summed E-state index contributed by atoms with van der Waals surface area (Å²) in [7, 11) is -3.65. The van der Waals surface area contributed by atoms with Crippen molar-refractivity contribution >= 4 is 15.9 Å². The minimum atomic E-state index is -3.65. The van der Waals surface area contributed by atoms with E-state index in [9.17, 15) is 13.2 Å². The van der Waals surface area contributed by atoms with Gasteiger partial charge >= 0.3 is 6.03 Å². The summed E-state index contributed by atoms with van der Waals surface area (Å²) in [6.45, 7) is 13.1. The number of rotatable bonds is 9. The average molecular weight is 435 g/mol. The Hall–Kier alpha value is -2.35. The normalized spacial score (nSPS) is 11.9. The van der Waals surface area contributed by atoms with Gasteiger partial charge in [0.2, 0.25) is 15.0 Å². The molecule has 7 nitrogen and oxygen atoms in total. The SMILES string of the molecule is CCNC(=O)N(Cc1cnc(S(=O)(=O)Cc2ccccc2C)n1CC(C)C)C(C)C. The largest absolute Gasteiger partial charge is 0.338 e. The Labute approximate surface area is 180 Å². The van der Waals surface area contributed by atoms with Crippen LogP contribution in [0.5, 0.6) is 0 Å². The Morgan fingerprint density at radius 1 is 1.20 bits per heavy atom. The van der Waals surface area contributed by atoms with E-state index in [1.54, 1.807) is 15.7 Å². The van der Waals surface area contributed by atoms with Crippen molar-refractivity contribution in [1.82, 2.24) is 19.8 Å². The summed E-state index contributed by atoms with van der Waals surface area (Å²) in [5.41, 5.74) is 2.42. The molecule has 0 aliphatic carbocycles. The summed E-state index contributed by atoms with van der Waals surface area (Å²) in [6, 6.07) is 7.27. The van der Waals surface area contributed by atoms with E-state index in [0.29, 0.717) is 25.3 Å². The first-order chi connectivity index (χ1) is 14.1.